The third kappa shape index (κ3) is 6.96. The van der Waals surface area contributed by atoms with Gasteiger partial charge in [0.15, 0.2) is 0 Å². The Balaban J connectivity index is 1.81. The van der Waals surface area contributed by atoms with Crippen molar-refractivity contribution in [3.8, 4) is 11.1 Å². The Labute approximate surface area is 227 Å². The second-order valence-corrected chi connectivity index (χ2v) is 10.6. The summed E-state index contributed by atoms with van der Waals surface area (Å²) in [5, 5.41) is 12.6. The molecule has 1 saturated carbocycles. The Morgan fingerprint density at radius 1 is 1.05 bits per heavy atom. The highest BCUT2D eigenvalue weighted by atomic mass is 19.1. The topological polar surface area (TPSA) is 95.4 Å². The number of carbonyl (C=O) groups is 2. The summed E-state index contributed by atoms with van der Waals surface area (Å²) in [7, 11) is 0. The van der Waals surface area contributed by atoms with E-state index in [-0.39, 0.29) is 41.0 Å². The largest absolute Gasteiger partial charge is 0.478 e. The van der Waals surface area contributed by atoms with E-state index in [2.05, 4.69) is 34.0 Å². The van der Waals surface area contributed by atoms with Crippen LogP contribution in [0.2, 0.25) is 0 Å². The fourth-order valence-electron chi connectivity index (χ4n) is 5.13. The summed E-state index contributed by atoms with van der Waals surface area (Å²) >= 11 is 0. The smallest absolute Gasteiger partial charge is 0.336 e. The molecule has 1 aliphatic carbocycles. The van der Waals surface area contributed by atoms with Gasteiger partial charge in [0.1, 0.15) is 11.6 Å². The fourth-order valence-corrected chi connectivity index (χ4v) is 5.13. The van der Waals surface area contributed by atoms with Crippen LogP contribution in [0.15, 0.2) is 42.7 Å². The lowest BCUT2D eigenvalue weighted by atomic mass is 9.92. The van der Waals surface area contributed by atoms with Gasteiger partial charge < -0.3 is 15.3 Å². The number of hydrogen-bond acceptors (Lipinski definition) is 5. The highest BCUT2D eigenvalue weighted by Gasteiger charge is 2.27. The highest BCUT2D eigenvalue weighted by molar-refractivity contribution is 5.99. The number of hydrogen-bond donors (Lipinski definition) is 2. The van der Waals surface area contributed by atoms with Crippen molar-refractivity contribution in [2.24, 2.45) is 5.92 Å². The molecule has 4 rings (SSSR count). The molecule has 2 N–H and O–H groups in total. The molecule has 1 fully saturated rings. The number of carboxylic acid groups (broad SMARTS) is 1. The molecule has 0 saturated heterocycles. The van der Waals surface area contributed by atoms with Crippen molar-refractivity contribution < 1.29 is 23.5 Å². The first-order valence-corrected chi connectivity index (χ1v) is 13.3. The Kier molecular flexibility index (Phi) is 8.89. The van der Waals surface area contributed by atoms with Crippen LogP contribution in [-0.2, 0) is 11.2 Å². The first-order valence-electron chi connectivity index (χ1n) is 13.3. The van der Waals surface area contributed by atoms with Crippen molar-refractivity contribution in [1.82, 2.24) is 9.97 Å². The average Bonchev–Trinajstić information content (AvgIpc) is 2.89. The quantitative estimate of drug-likeness (QED) is 0.328. The average molecular weight is 537 g/mol. The number of aromatic carboxylic acids is 1. The second kappa shape index (κ2) is 12.3. The van der Waals surface area contributed by atoms with E-state index < -0.39 is 17.6 Å². The van der Waals surface area contributed by atoms with Crippen LogP contribution in [-0.4, -0.2) is 39.5 Å². The van der Waals surface area contributed by atoms with Crippen LogP contribution < -0.4 is 10.2 Å². The van der Waals surface area contributed by atoms with Crippen molar-refractivity contribution in [2.45, 2.75) is 65.3 Å². The summed E-state index contributed by atoms with van der Waals surface area (Å²) in [4.78, 5) is 35.6. The standard InChI is InChI=1S/C30H34F2N4O3/c1-18(2)17-36(22-7-5-4-6-8-22)28-14-26(32)25(24-11-20(31)9-10-23(24)30(38)39)13-27(28)35-29(37)12-21-16-33-19(3)15-34-21/h9-11,13-16,18,22H,4-8,12,17H2,1-3H3,(H,35,37)(H,38,39). The van der Waals surface area contributed by atoms with Gasteiger partial charge in [-0.05, 0) is 56.0 Å². The molecular weight excluding hydrogens is 502 g/mol. The maximum Gasteiger partial charge on any atom is 0.336 e. The van der Waals surface area contributed by atoms with Crippen molar-refractivity contribution in [2.75, 3.05) is 16.8 Å². The number of amides is 1. The summed E-state index contributed by atoms with van der Waals surface area (Å²) in [6.45, 7) is 6.62. The molecule has 0 aliphatic heterocycles. The van der Waals surface area contributed by atoms with Crippen LogP contribution in [0, 0.1) is 24.5 Å². The lowest BCUT2D eigenvalue weighted by Crippen LogP contribution is -2.40. The summed E-state index contributed by atoms with van der Waals surface area (Å²) in [5.41, 5.74) is 1.63. The summed E-state index contributed by atoms with van der Waals surface area (Å²) in [6, 6.07) is 6.07. The van der Waals surface area contributed by atoms with E-state index in [4.69, 9.17) is 0 Å². The van der Waals surface area contributed by atoms with E-state index in [1.54, 1.807) is 13.1 Å². The number of nitrogens with one attached hydrogen (secondary N) is 1. The third-order valence-corrected chi connectivity index (χ3v) is 6.92. The lowest BCUT2D eigenvalue weighted by Gasteiger charge is -2.38. The normalized spacial score (nSPS) is 13.9. The van der Waals surface area contributed by atoms with Crippen molar-refractivity contribution in [1.29, 1.82) is 0 Å². The molecule has 0 spiro atoms. The van der Waals surface area contributed by atoms with Gasteiger partial charge in [-0.15, -0.1) is 0 Å². The molecule has 9 heteroatoms. The minimum atomic E-state index is -1.30. The molecule has 7 nitrogen and oxygen atoms in total. The van der Waals surface area contributed by atoms with Crippen molar-refractivity contribution in [3.05, 3.63) is 71.3 Å². The van der Waals surface area contributed by atoms with E-state index >= 15 is 4.39 Å². The van der Waals surface area contributed by atoms with E-state index in [1.807, 2.05) is 0 Å². The number of aryl methyl sites for hydroxylation is 1. The molecule has 1 aliphatic rings. The van der Waals surface area contributed by atoms with Gasteiger partial charge in [0, 0.05) is 36.1 Å². The van der Waals surface area contributed by atoms with Crippen LogP contribution >= 0.6 is 0 Å². The lowest BCUT2D eigenvalue weighted by molar-refractivity contribution is -0.115. The second-order valence-electron chi connectivity index (χ2n) is 10.6. The molecule has 1 amide bonds. The SMILES string of the molecule is Cc1cnc(CC(=O)Nc2cc(-c3cc(F)ccc3C(=O)O)c(F)cc2N(CC(C)C)C2CCCCC2)cn1. The van der Waals surface area contributed by atoms with Gasteiger partial charge in [0.25, 0.3) is 0 Å². The molecule has 39 heavy (non-hydrogen) atoms. The van der Waals surface area contributed by atoms with Crippen LogP contribution in [0.1, 0.15) is 67.7 Å². The van der Waals surface area contributed by atoms with Gasteiger partial charge in [-0.3, -0.25) is 14.8 Å². The van der Waals surface area contributed by atoms with Crippen LogP contribution in [0.3, 0.4) is 0 Å². The van der Waals surface area contributed by atoms with Gasteiger partial charge in [-0.25, -0.2) is 13.6 Å². The number of halogens is 2. The van der Waals surface area contributed by atoms with Gasteiger partial charge >= 0.3 is 5.97 Å². The number of aromatic nitrogens is 2. The van der Waals surface area contributed by atoms with Gasteiger partial charge in [-0.1, -0.05) is 33.1 Å². The highest BCUT2D eigenvalue weighted by Crippen LogP contribution is 2.39. The molecule has 1 aromatic heterocycles. The van der Waals surface area contributed by atoms with Crippen LogP contribution in [0.5, 0.6) is 0 Å². The van der Waals surface area contributed by atoms with Gasteiger partial charge in [0.05, 0.1) is 34.7 Å². The van der Waals surface area contributed by atoms with E-state index in [9.17, 15) is 19.1 Å². The molecular formula is C30H34F2N4O3. The molecule has 2 aromatic carbocycles. The Morgan fingerprint density at radius 3 is 2.44 bits per heavy atom. The predicted octanol–water partition coefficient (Wildman–Crippen LogP) is 6.40. The Bertz CT molecular complexity index is 1340. The zero-order chi connectivity index (χ0) is 28.1. The zero-order valence-corrected chi connectivity index (χ0v) is 22.5. The number of rotatable bonds is 9. The summed E-state index contributed by atoms with van der Waals surface area (Å²) in [5.74, 6) is -2.79. The monoisotopic (exact) mass is 536 g/mol. The fraction of sp³-hybridized carbons (Fsp3) is 0.400. The van der Waals surface area contributed by atoms with E-state index in [1.165, 1.54) is 18.3 Å². The number of nitrogens with zero attached hydrogens (tertiary/aromatic N) is 3. The molecule has 3 aromatic rings. The number of carboxylic acids is 1. The zero-order valence-electron chi connectivity index (χ0n) is 22.5. The Hall–Kier alpha value is -3.88. The number of carbonyl (C=O) groups excluding carboxylic acids is 1. The van der Waals surface area contributed by atoms with Crippen molar-refractivity contribution >= 4 is 23.3 Å². The summed E-state index contributed by atoms with van der Waals surface area (Å²) < 4.78 is 30.0. The molecule has 1 heterocycles. The third-order valence-electron chi connectivity index (χ3n) is 6.92. The molecule has 0 atom stereocenters. The molecule has 0 bridgehead atoms. The van der Waals surface area contributed by atoms with E-state index in [0.717, 1.165) is 56.0 Å². The molecule has 0 radical (unpaired) electrons. The number of benzene rings is 2. The molecule has 206 valence electrons. The van der Waals surface area contributed by atoms with Crippen LogP contribution in [0.4, 0.5) is 20.2 Å². The summed E-state index contributed by atoms with van der Waals surface area (Å²) in [6.07, 6.45) is 8.26. The molecule has 0 unspecified atom stereocenters. The maximum absolute atomic E-state index is 15.8. The van der Waals surface area contributed by atoms with Gasteiger partial charge in [-0.2, -0.15) is 0 Å². The Morgan fingerprint density at radius 2 is 1.79 bits per heavy atom. The first-order chi connectivity index (χ1) is 18.6. The minimum absolute atomic E-state index is 0.0482. The first kappa shape index (κ1) is 28.1. The predicted molar refractivity (Wildman–Crippen MR) is 147 cm³/mol. The van der Waals surface area contributed by atoms with Crippen LogP contribution in [0.25, 0.3) is 11.1 Å². The van der Waals surface area contributed by atoms with Crippen molar-refractivity contribution in [3.63, 3.8) is 0 Å². The minimum Gasteiger partial charge on any atom is -0.478 e. The number of anilines is 2. The van der Waals surface area contributed by atoms with Gasteiger partial charge in [0.2, 0.25) is 5.91 Å². The van der Waals surface area contributed by atoms with E-state index in [0.29, 0.717) is 23.6 Å². The maximum atomic E-state index is 15.8.